The molecule has 0 spiro atoms. The fourth-order valence-electron chi connectivity index (χ4n) is 5.89. The number of hydrogen-bond donors (Lipinski definition) is 1. The Bertz CT molecular complexity index is 892. The summed E-state index contributed by atoms with van der Waals surface area (Å²) in [5, 5.41) is 10.5. The number of thioether (sulfide) groups is 1. The second-order valence-electron chi connectivity index (χ2n) is 8.92. The van der Waals surface area contributed by atoms with Crippen molar-refractivity contribution in [2.75, 3.05) is 5.32 Å². The third kappa shape index (κ3) is 3.45. The second-order valence-corrected chi connectivity index (χ2v) is 10.2. The van der Waals surface area contributed by atoms with Gasteiger partial charge in [-0.1, -0.05) is 17.8 Å². The predicted octanol–water partition coefficient (Wildman–Crippen LogP) is 4.93. The van der Waals surface area contributed by atoms with Crippen molar-refractivity contribution in [1.82, 2.24) is 10.2 Å². The normalized spacial score (nSPS) is 31.1. The van der Waals surface area contributed by atoms with Crippen molar-refractivity contribution in [2.24, 2.45) is 17.8 Å². The van der Waals surface area contributed by atoms with Crippen molar-refractivity contribution < 1.29 is 18.0 Å². The molecule has 1 amide bonds. The van der Waals surface area contributed by atoms with Gasteiger partial charge < -0.3 is 9.73 Å². The van der Waals surface area contributed by atoms with Crippen molar-refractivity contribution in [2.45, 2.75) is 61.3 Å². The molecule has 29 heavy (non-hydrogen) atoms. The van der Waals surface area contributed by atoms with E-state index in [1.54, 1.807) is 6.92 Å². The van der Waals surface area contributed by atoms with Crippen LogP contribution >= 0.6 is 11.8 Å². The maximum absolute atomic E-state index is 13.8. The quantitative estimate of drug-likeness (QED) is 0.696. The molecule has 4 aliphatic rings. The van der Waals surface area contributed by atoms with Gasteiger partial charge in [0.2, 0.25) is 11.8 Å². The molecule has 0 saturated heterocycles. The van der Waals surface area contributed by atoms with E-state index in [0.29, 0.717) is 11.1 Å². The molecule has 1 atom stereocenters. The lowest BCUT2D eigenvalue weighted by atomic mass is 9.49. The molecular formula is C21H23F2N3O2S. The van der Waals surface area contributed by atoms with Crippen LogP contribution in [0.1, 0.15) is 51.3 Å². The van der Waals surface area contributed by atoms with Gasteiger partial charge in [-0.05, 0) is 75.3 Å². The van der Waals surface area contributed by atoms with Gasteiger partial charge in [-0.3, -0.25) is 4.79 Å². The molecule has 0 unspecified atom stereocenters. The number of amides is 1. The maximum atomic E-state index is 13.8. The Morgan fingerprint density at radius 3 is 2.31 bits per heavy atom. The van der Waals surface area contributed by atoms with E-state index in [-0.39, 0.29) is 5.41 Å². The third-order valence-corrected chi connectivity index (χ3v) is 7.69. The summed E-state index contributed by atoms with van der Waals surface area (Å²) in [5.74, 6) is 0.870. The number of carbonyl (C=O) groups is 1. The minimum atomic E-state index is -0.808. The SMILES string of the molecule is C[C@@H](Sc1nnc(C23CC4CC(CC(C4)C2)C3)o1)C(=O)Nc1c(F)cccc1F. The van der Waals surface area contributed by atoms with E-state index < -0.39 is 28.5 Å². The highest BCUT2D eigenvalue weighted by molar-refractivity contribution is 8.00. The standard InChI is InChI=1S/C21H23F2N3O2S/c1-11(18(27)24-17-15(22)3-2-4-16(17)23)29-20-26-25-19(28-20)21-8-12-5-13(9-21)7-14(6-12)10-21/h2-4,11-14H,5-10H2,1H3,(H,24,27)/t11-,12?,13?,14?,21?/m1/s1. The number of nitrogens with one attached hydrogen (secondary N) is 1. The Balaban J connectivity index is 1.27. The van der Waals surface area contributed by atoms with Crippen molar-refractivity contribution in [3.05, 3.63) is 35.7 Å². The average molecular weight is 419 g/mol. The van der Waals surface area contributed by atoms with Gasteiger partial charge in [-0.25, -0.2) is 8.78 Å². The summed E-state index contributed by atoms with van der Waals surface area (Å²) in [6.07, 6.45) is 7.35. The summed E-state index contributed by atoms with van der Waals surface area (Å²) >= 11 is 1.11. The van der Waals surface area contributed by atoms with Gasteiger partial charge in [0, 0.05) is 5.41 Å². The van der Waals surface area contributed by atoms with Gasteiger partial charge in [0.15, 0.2) is 0 Å². The number of halogens is 2. The minimum Gasteiger partial charge on any atom is -0.415 e. The topological polar surface area (TPSA) is 68.0 Å². The summed E-state index contributed by atoms with van der Waals surface area (Å²) < 4.78 is 33.5. The number of hydrogen-bond acceptors (Lipinski definition) is 5. The van der Waals surface area contributed by atoms with Gasteiger partial charge in [0.25, 0.3) is 5.22 Å². The molecule has 4 fully saturated rings. The zero-order valence-corrected chi connectivity index (χ0v) is 17.0. The van der Waals surface area contributed by atoms with E-state index >= 15 is 0 Å². The number of aromatic nitrogens is 2. The van der Waals surface area contributed by atoms with Gasteiger partial charge in [-0.2, -0.15) is 0 Å². The smallest absolute Gasteiger partial charge is 0.277 e. The van der Waals surface area contributed by atoms with Crippen LogP contribution in [0.25, 0.3) is 0 Å². The fourth-order valence-corrected chi connectivity index (χ4v) is 6.57. The molecular weight excluding hydrogens is 396 g/mol. The third-order valence-electron chi connectivity index (χ3n) is 6.76. The number of para-hydroxylation sites is 1. The molecule has 1 heterocycles. The zero-order chi connectivity index (χ0) is 20.2. The van der Waals surface area contributed by atoms with Gasteiger partial charge in [0.1, 0.15) is 17.3 Å². The predicted molar refractivity (Wildman–Crippen MR) is 104 cm³/mol. The first kappa shape index (κ1) is 19.0. The number of rotatable bonds is 5. The van der Waals surface area contributed by atoms with Crippen molar-refractivity contribution in [3.63, 3.8) is 0 Å². The van der Waals surface area contributed by atoms with Crippen LogP contribution in [-0.2, 0) is 10.2 Å². The Hall–Kier alpha value is -1.96. The fraction of sp³-hybridized carbons (Fsp3) is 0.571. The first-order valence-corrected chi connectivity index (χ1v) is 11.1. The number of anilines is 1. The Kier molecular flexibility index (Phi) is 4.64. The molecule has 1 aromatic heterocycles. The Morgan fingerprint density at radius 2 is 1.72 bits per heavy atom. The van der Waals surface area contributed by atoms with Crippen molar-refractivity contribution in [3.8, 4) is 0 Å². The molecule has 4 saturated carbocycles. The lowest BCUT2D eigenvalue weighted by Gasteiger charge is -2.55. The van der Waals surface area contributed by atoms with Crippen LogP contribution in [0.5, 0.6) is 0 Å². The Morgan fingerprint density at radius 1 is 1.14 bits per heavy atom. The molecule has 5 nitrogen and oxygen atoms in total. The van der Waals surface area contributed by atoms with Crippen LogP contribution in [0.15, 0.2) is 27.8 Å². The zero-order valence-electron chi connectivity index (χ0n) is 16.2. The van der Waals surface area contributed by atoms with Crippen LogP contribution in [0.2, 0.25) is 0 Å². The highest BCUT2D eigenvalue weighted by Crippen LogP contribution is 2.60. The highest BCUT2D eigenvalue weighted by atomic mass is 32.2. The average Bonchev–Trinajstić information content (AvgIpc) is 3.13. The number of carbonyl (C=O) groups excluding carboxylic acids is 1. The summed E-state index contributed by atoms with van der Waals surface area (Å²) in [6.45, 7) is 1.65. The van der Waals surface area contributed by atoms with E-state index in [0.717, 1.165) is 60.9 Å². The largest absolute Gasteiger partial charge is 0.415 e. The van der Waals surface area contributed by atoms with Crippen LogP contribution in [0, 0.1) is 29.4 Å². The van der Waals surface area contributed by atoms with E-state index in [4.69, 9.17) is 4.42 Å². The highest BCUT2D eigenvalue weighted by Gasteiger charge is 2.54. The van der Waals surface area contributed by atoms with Crippen LogP contribution in [0.4, 0.5) is 14.5 Å². The number of nitrogens with zero attached hydrogens (tertiary/aromatic N) is 2. The molecule has 6 rings (SSSR count). The number of benzene rings is 1. The van der Waals surface area contributed by atoms with Crippen molar-refractivity contribution in [1.29, 1.82) is 0 Å². The van der Waals surface area contributed by atoms with Crippen LogP contribution < -0.4 is 5.32 Å². The summed E-state index contributed by atoms with van der Waals surface area (Å²) in [6, 6.07) is 3.46. The minimum absolute atomic E-state index is 0.00233. The van der Waals surface area contributed by atoms with Gasteiger partial charge >= 0.3 is 0 Å². The molecule has 8 heteroatoms. The van der Waals surface area contributed by atoms with E-state index in [1.807, 2.05) is 0 Å². The van der Waals surface area contributed by atoms with Crippen LogP contribution in [0.3, 0.4) is 0 Å². The first-order valence-electron chi connectivity index (χ1n) is 10.2. The summed E-state index contributed by atoms with van der Waals surface area (Å²) in [4.78, 5) is 12.4. The van der Waals surface area contributed by atoms with E-state index in [2.05, 4.69) is 15.5 Å². The van der Waals surface area contributed by atoms with E-state index in [1.165, 1.54) is 25.3 Å². The van der Waals surface area contributed by atoms with E-state index in [9.17, 15) is 13.6 Å². The van der Waals surface area contributed by atoms with Crippen LogP contribution in [-0.4, -0.2) is 21.4 Å². The van der Waals surface area contributed by atoms with Crippen molar-refractivity contribution >= 4 is 23.4 Å². The molecule has 0 aliphatic heterocycles. The lowest BCUT2D eigenvalue weighted by molar-refractivity contribution is -0.115. The molecule has 2 aromatic rings. The lowest BCUT2D eigenvalue weighted by Crippen LogP contribution is -2.48. The molecule has 1 N–H and O–H groups in total. The molecule has 0 radical (unpaired) electrons. The second kappa shape index (κ2) is 7.07. The molecule has 4 bridgehead atoms. The summed E-state index contributed by atoms with van der Waals surface area (Å²) in [5.41, 5.74) is -0.438. The summed E-state index contributed by atoms with van der Waals surface area (Å²) in [7, 11) is 0. The maximum Gasteiger partial charge on any atom is 0.277 e. The molecule has 4 aliphatic carbocycles. The first-order chi connectivity index (χ1) is 13.9. The Labute approximate surface area is 172 Å². The molecule has 154 valence electrons. The molecule has 1 aromatic carbocycles. The monoisotopic (exact) mass is 419 g/mol. The van der Waals surface area contributed by atoms with Gasteiger partial charge in [-0.15, -0.1) is 10.2 Å². The van der Waals surface area contributed by atoms with Gasteiger partial charge in [0.05, 0.1) is 5.25 Å².